The minimum absolute atomic E-state index is 0.0976. The lowest BCUT2D eigenvalue weighted by atomic mass is 9.99. The number of rotatable bonds is 8. The third-order valence-electron chi connectivity index (χ3n) is 6.41. The molecule has 1 aromatic rings. The zero-order chi connectivity index (χ0) is 24.1. The highest BCUT2D eigenvalue weighted by molar-refractivity contribution is 8.26. The number of aromatic nitrogens is 1. The summed E-state index contributed by atoms with van der Waals surface area (Å²) in [4.78, 5) is 30.5. The fourth-order valence-corrected chi connectivity index (χ4v) is 5.59. The Bertz CT molecular complexity index is 1050. The highest BCUT2D eigenvalue weighted by Gasteiger charge is 2.34. The highest BCUT2D eigenvalue weighted by atomic mass is 32.2. The Morgan fingerprint density at radius 2 is 1.97 bits per heavy atom. The van der Waals surface area contributed by atoms with Crippen molar-refractivity contribution >= 4 is 46.1 Å². The molecule has 7 nitrogen and oxygen atoms in total. The number of carbonyl (C=O) groups excluding carboxylic acids is 1. The number of nitrogens with zero attached hydrogens (tertiary/aromatic N) is 4. The van der Waals surface area contributed by atoms with Gasteiger partial charge in [0.15, 0.2) is 0 Å². The minimum Gasteiger partial charge on any atom is -0.378 e. The molecule has 1 amide bonds. The van der Waals surface area contributed by atoms with E-state index < -0.39 is 0 Å². The number of anilines is 1. The molecule has 2 aliphatic heterocycles. The van der Waals surface area contributed by atoms with E-state index in [1.165, 1.54) is 16.3 Å². The van der Waals surface area contributed by atoms with Crippen LogP contribution in [0.3, 0.4) is 0 Å². The summed E-state index contributed by atoms with van der Waals surface area (Å²) in [6.07, 6.45) is 6.16. The summed E-state index contributed by atoms with van der Waals surface area (Å²) in [5, 5.41) is 9.62. The summed E-state index contributed by atoms with van der Waals surface area (Å²) in [6.45, 7) is 9.12. The van der Waals surface area contributed by atoms with Gasteiger partial charge in [0, 0.05) is 32.2 Å². The highest BCUT2D eigenvalue weighted by Crippen LogP contribution is 2.36. The van der Waals surface area contributed by atoms with E-state index in [-0.39, 0.29) is 17.0 Å². The van der Waals surface area contributed by atoms with Crippen molar-refractivity contribution in [3.8, 4) is 6.07 Å². The van der Waals surface area contributed by atoms with Crippen LogP contribution in [0.5, 0.6) is 0 Å². The molecule has 1 atom stereocenters. The topological polar surface area (TPSA) is 78.6 Å². The van der Waals surface area contributed by atoms with Gasteiger partial charge >= 0.3 is 0 Å². The number of amides is 1. The quantitative estimate of drug-likeness (QED) is 0.407. The number of carbonyl (C=O) groups is 1. The molecule has 2 aliphatic rings. The first-order valence-corrected chi connectivity index (χ1v) is 12.8. The number of hydrogen-bond donors (Lipinski definition) is 0. The summed E-state index contributed by atoms with van der Waals surface area (Å²) in [5.74, 6) is 1.03. The van der Waals surface area contributed by atoms with Gasteiger partial charge in [0.1, 0.15) is 21.8 Å². The second kappa shape index (κ2) is 11.3. The number of hydrogen-bond acceptors (Lipinski definition) is 7. The van der Waals surface area contributed by atoms with Gasteiger partial charge in [-0.15, -0.1) is 0 Å². The first kappa shape index (κ1) is 25.5. The van der Waals surface area contributed by atoms with Gasteiger partial charge in [-0.3, -0.25) is 19.1 Å². The maximum absolute atomic E-state index is 13.3. The van der Waals surface area contributed by atoms with Crippen molar-refractivity contribution < 1.29 is 9.53 Å². The van der Waals surface area contributed by atoms with Gasteiger partial charge in [-0.1, -0.05) is 57.1 Å². The second-order valence-corrected chi connectivity index (χ2v) is 10.2. The van der Waals surface area contributed by atoms with Gasteiger partial charge in [-0.05, 0) is 30.9 Å². The van der Waals surface area contributed by atoms with Crippen LogP contribution in [0.1, 0.15) is 56.2 Å². The third kappa shape index (κ3) is 5.34. The van der Waals surface area contributed by atoms with E-state index >= 15 is 0 Å². The lowest BCUT2D eigenvalue weighted by Gasteiger charge is -2.32. The van der Waals surface area contributed by atoms with E-state index in [1.807, 2.05) is 12.1 Å². The molecule has 0 aliphatic carbocycles. The van der Waals surface area contributed by atoms with Gasteiger partial charge in [0.05, 0.1) is 18.1 Å². The summed E-state index contributed by atoms with van der Waals surface area (Å²) in [6, 6.07) is 2.05. The van der Waals surface area contributed by atoms with Gasteiger partial charge in [0.2, 0.25) is 0 Å². The van der Waals surface area contributed by atoms with E-state index in [9.17, 15) is 14.9 Å². The Balaban J connectivity index is 2.02. The number of pyridine rings is 1. The predicted molar refractivity (Wildman–Crippen MR) is 137 cm³/mol. The fourth-order valence-electron chi connectivity index (χ4n) is 4.33. The average Bonchev–Trinajstić information content (AvgIpc) is 3.08. The Morgan fingerprint density at radius 3 is 2.58 bits per heavy atom. The van der Waals surface area contributed by atoms with E-state index in [4.69, 9.17) is 17.0 Å². The van der Waals surface area contributed by atoms with Crippen molar-refractivity contribution in [2.24, 2.45) is 13.0 Å². The van der Waals surface area contributed by atoms with Crippen molar-refractivity contribution in [3.63, 3.8) is 0 Å². The molecule has 2 fully saturated rings. The number of thiocarbonyl (C=S) groups is 1. The van der Waals surface area contributed by atoms with Crippen LogP contribution >= 0.6 is 24.0 Å². The number of thioether (sulfide) groups is 1. The fraction of sp³-hybridized carbons (Fsp3) is 0.583. The SMILES string of the molecule is CCCCC(CC)CN1C(=O)/C(=C/c2c(C)c(C#N)c(=O)n(C)c2N2CCOCC2)SC1=S. The van der Waals surface area contributed by atoms with Gasteiger partial charge < -0.3 is 9.64 Å². The van der Waals surface area contributed by atoms with Crippen LogP contribution in [-0.2, 0) is 16.6 Å². The zero-order valence-corrected chi connectivity index (χ0v) is 21.5. The average molecular weight is 489 g/mol. The van der Waals surface area contributed by atoms with E-state index in [0.717, 1.165) is 25.7 Å². The molecule has 0 spiro atoms. The molecule has 1 aromatic heterocycles. The molecule has 0 bridgehead atoms. The summed E-state index contributed by atoms with van der Waals surface area (Å²) >= 11 is 6.86. The van der Waals surface area contributed by atoms with Crippen molar-refractivity contribution in [1.82, 2.24) is 9.47 Å². The molecule has 3 rings (SSSR count). The standard InChI is InChI=1S/C24H32N4O3S2/c1-5-7-8-17(6-2)15-28-23(30)20(33-24(28)32)13-18-16(3)19(14-25)22(29)26(4)21(18)27-9-11-31-12-10-27/h13,17H,5-12,15H2,1-4H3/b20-13-. The summed E-state index contributed by atoms with van der Waals surface area (Å²) in [7, 11) is 1.68. The number of ether oxygens (including phenoxy) is 1. The first-order valence-electron chi connectivity index (χ1n) is 11.6. The van der Waals surface area contributed by atoms with Crippen molar-refractivity contribution in [2.75, 3.05) is 37.7 Å². The Kier molecular flexibility index (Phi) is 8.74. The van der Waals surface area contributed by atoms with E-state index in [2.05, 4.69) is 18.7 Å². The number of morpholine rings is 1. The molecule has 1 unspecified atom stereocenters. The largest absolute Gasteiger partial charge is 0.378 e. The molecule has 3 heterocycles. The molecule has 0 radical (unpaired) electrons. The Labute approximate surface area is 205 Å². The molecule has 178 valence electrons. The Morgan fingerprint density at radius 1 is 1.27 bits per heavy atom. The third-order valence-corrected chi connectivity index (χ3v) is 7.79. The van der Waals surface area contributed by atoms with Gasteiger partial charge in [-0.25, -0.2) is 0 Å². The smallest absolute Gasteiger partial charge is 0.270 e. The van der Waals surface area contributed by atoms with Crippen LogP contribution in [0, 0.1) is 24.2 Å². The van der Waals surface area contributed by atoms with Crippen LogP contribution in [0.25, 0.3) is 6.08 Å². The maximum Gasteiger partial charge on any atom is 0.270 e. The molecule has 0 aromatic carbocycles. The van der Waals surface area contributed by atoms with Crippen LogP contribution < -0.4 is 10.5 Å². The molecular weight excluding hydrogens is 456 g/mol. The van der Waals surface area contributed by atoms with Crippen molar-refractivity contribution in [1.29, 1.82) is 5.26 Å². The lowest BCUT2D eigenvalue weighted by molar-refractivity contribution is -0.122. The minimum atomic E-state index is -0.331. The lowest BCUT2D eigenvalue weighted by Crippen LogP contribution is -2.40. The van der Waals surface area contributed by atoms with Gasteiger partial charge in [-0.2, -0.15) is 5.26 Å². The zero-order valence-electron chi connectivity index (χ0n) is 19.8. The summed E-state index contributed by atoms with van der Waals surface area (Å²) in [5.41, 5.74) is 1.07. The molecule has 33 heavy (non-hydrogen) atoms. The molecule has 9 heteroatoms. The van der Waals surface area contributed by atoms with E-state index in [1.54, 1.807) is 18.9 Å². The number of unbranched alkanes of at least 4 members (excludes halogenated alkanes) is 1. The van der Waals surface area contributed by atoms with Crippen LogP contribution in [0.2, 0.25) is 0 Å². The normalized spacial score (nSPS) is 18.8. The van der Waals surface area contributed by atoms with Crippen LogP contribution in [0.4, 0.5) is 5.82 Å². The predicted octanol–water partition coefficient (Wildman–Crippen LogP) is 3.82. The van der Waals surface area contributed by atoms with Crippen molar-refractivity contribution in [3.05, 3.63) is 31.9 Å². The second-order valence-electron chi connectivity index (χ2n) is 8.52. The Hall–Kier alpha value is -2.15. The molecule has 2 saturated heterocycles. The number of nitriles is 1. The molecule has 0 N–H and O–H groups in total. The maximum atomic E-state index is 13.3. The van der Waals surface area contributed by atoms with Crippen LogP contribution in [0.15, 0.2) is 9.70 Å². The van der Waals surface area contributed by atoms with E-state index in [0.29, 0.717) is 64.9 Å². The van der Waals surface area contributed by atoms with Gasteiger partial charge in [0.25, 0.3) is 11.5 Å². The van der Waals surface area contributed by atoms with Crippen molar-refractivity contribution in [2.45, 2.75) is 46.5 Å². The molecule has 0 saturated carbocycles. The summed E-state index contributed by atoms with van der Waals surface area (Å²) < 4.78 is 7.56. The van der Waals surface area contributed by atoms with Crippen LogP contribution in [-0.4, -0.2) is 52.5 Å². The molecular formula is C24H32N4O3S2. The first-order chi connectivity index (χ1) is 15.8. The monoisotopic (exact) mass is 488 g/mol.